The molecule has 2 N–H and O–H groups in total. The van der Waals surface area contributed by atoms with Crippen LogP contribution in [0.5, 0.6) is 0 Å². The average molecular weight is 475 g/mol. The number of fused-ring (bicyclic) bond motifs is 8. The number of benzene rings is 2. The van der Waals surface area contributed by atoms with Gasteiger partial charge < -0.3 is 15.2 Å². The van der Waals surface area contributed by atoms with Gasteiger partial charge >= 0.3 is 0 Å². The molecule has 0 radical (unpaired) electrons. The number of carbonyl (C=O) groups is 1. The molecule has 2 aliphatic heterocycles. The van der Waals surface area contributed by atoms with Gasteiger partial charge in [0.05, 0.1) is 22.0 Å². The molecule has 1 amide bonds. The maximum Gasteiger partial charge on any atom is 0.262 e. The number of hydrogen-bond acceptors (Lipinski definition) is 4. The molecule has 0 saturated heterocycles. The highest BCUT2D eigenvalue weighted by Crippen LogP contribution is 2.41. The zero-order chi connectivity index (χ0) is 23.3. The summed E-state index contributed by atoms with van der Waals surface area (Å²) in [5.41, 5.74) is 1.66. The Balaban J connectivity index is 1.78. The Morgan fingerprint density at radius 1 is 0.879 bits per heavy atom. The van der Waals surface area contributed by atoms with Crippen molar-refractivity contribution in [1.29, 1.82) is 0 Å². The molecule has 0 saturated carbocycles. The van der Waals surface area contributed by atoms with Crippen molar-refractivity contribution in [2.24, 2.45) is 0 Å². The van der Waals surface area contributed by atoms with Gasteiger partial charge in [-0.05, 0) is 43.7 Å². The summed E-state index contributed by atoms with van der Waals surface area (Å²) >= 11 is 6.30. The third-order valence-corrected chi connectivity index (χ3v) is 6.31. The van der Waals surface area contributed by atoms with Crippen LogP contribution in [0.2, 0.25) is 5.02 Å². The van der Waals surface area contributed by atoms with Crippen LogP contribution in [0.1, 0.15) is 28.0 Å². The highest BCUT2D eigenvalue weighted by Gasteiger charge is 2.35. The van der Waals surface area contributed by atoms with Gasteiger partial charge in [-0.1, -0.05) is 11.6 Å². The van der Waals surface area contributed by atoms with Gasteiger partial charge in [0, 0.05) is 35.6 Å². The van der Waals surface area contributed by atoms with E-state index in [1.807, 2.05) is 0 Å². The second-order valence-corrected chi connectivity index (χ2v) is 8.29. The van der Waals surface area contributed by atoms with Crippen LogP contribution < -0.4 is 20.7 Å². The van der Waals surface area contributed by atoms with Crippen LogP contribution in [0.3, 0.4) is 0 Å². The maximum atomic E-state index is 14.3. The molecule has 10 heteroatoms. The van der Waals surface area contributed by atoms with Crippen molar-refractivity contribution in [1.82, 2.24) is 10.3 Å². The van der Waals surface area contributed by atoms with Crippen molar-refractivity contribution in [3.63, 3.8) is 0 Å². The molecule has 3 aromatic rings. The van der Waals surface area contributed by atoms with E-state index in [1.54, 1.807) is 4.90 Å². The van der Waals surface area contributed by atoms with Gasteiger partial charge in [0.25, 0.3) is 5.91 Å². The van der Waals surface area contributed by atoms with Crippen LogP contribution >= 0.6 is 11.6 Å². The lowest BCUT2D eigenvalue weighted by Gasteiger charge is -2.39. The highest BCUT2D eigenvalue weighted by atomic mass is 35.5. The van der Waals surface area contributed by atoms with E-state index in [2.05, 4.69) is 10.3 Å². The van der Waals surface area contributed by atoms with E-state index in [0.717, 1.165) is 12.1 Å². The number of carbonyl (C=O) groups excluding carboxylic acids is 1. The minimum atomic E-state index is -1.16. The molecule has 0 spiro atoms. The molecule has 0 fully saturated rings. The number of pyridine rings is 1. The topological polar surface area (TPSA) is 68.4 Å². The number of nitrogens with zero attached hydrogens (tertiary/aromatic N) is 2. The summed E-state index contributed by atoms with van der Waals surface area (Å²) in [6, 6.07) is 7.34. The normalized spacial score (nSPS) is 15.8. The van der Waals surface area contributed by atoms with Crippen LogP contribution in [0.25, 0.3) is 0 Å². The standard InChI is InChI=1S/C23H18ClF3N4O2/c24-22-13-10-28-7-1-2-17-19(5-6-21(32)29-17)31-11-30(18(13)4-3-14(22)25)20-9-16(27)15(26)8-12(20)23(31)33/h3-6,8-9,28H,1-2,7,10-11H2,(H,29,32). The minimum absolute atomic E-state index is 0.0614. The van der Waals surface area contributed by atoms with E-state index in [9.17, 15) is 22.8 Å². The van der Waals surface area contributed by atoms with Crippen molar-refractivity contribution in [2.45, 2.75) is 19.4 Å². The average Bonchev–Trinajstić information content (AvgIpc) is 2.78. The van der Waals surface area contributed by atoms with Gasteiger partial charge in [-0.25, -0.2) is 13.2 Å². The van der Waals surface area contributed by atoms with Crippen molar-refractivity contribution < 1.29 is 18.0 Å². The Morgan fingerprint density at radius 2 is 1.64 bits per heavy atom. The van der Waals surface area contributed by atoms with Crippen molar-refractivity contribution in [2.75, 3.05) is 23.0 Å². The summed E-state index contributed by atoms with van der Waals surface area (Å²) in [6.07, 6.45) is 1.08. The number of anilines is 3. The molecule has 2 bridgehead atoms. The molecule has 0 atom stereocenters. The van der Waals surface area contributed by atoms with Gasteiger partial charge in [0.15, 0.2) is 11.6 Å². The number of amides is 1. The molecular formula is C23H18ClF3N4O2. The molecule has 6 nitrogen and oxygen atoms in total. The molecule has 2 aromatic carbocycles. The molecule has 0 unspecified atom stereocenters. The Morgan fingerprint density at radius 3 is 2.45 bits per heavy atom. The van der Waals surface area contributed by atoms with Gasteiger partial charge in [0.2, 0.25) is 5.56 Å². The predicted molar refractivity (Wildman–Crippen MR) is 119 cm³/mol. The largest absolute Gasteiger partial charge is 0.324 e. The first kappa shape index (κ1) is 21.5. The molecule has 1 aromatic heterocycles. The van der Waals surface area contributed by atoms with Crippen LogP contribution in [0.15, 0.2) is 41.2 Å². The van der Waals surface area contributed by atoms with E-state index in [1.165, 1.54) is 29.2 Å². The number of aryl methyl sites for hydroxylation is 1. The fraction of sp³-hybridized carbons (Fsp3) is 0.217. The van der Waals surface area contributed by atoms with Crippen LogP contribution in [0, 0.1) is 17.5 Å². The van der Waals surface area contributed by atoms with Gasteiger partial charge in [-0.15, -0.1) is 0 Å². The fourth-order valence-corrected chi connectivity index (χ4v) is 4.54. The Kier molecular flexibility index (Phi) is 5.38. The first-order valence-corrected chi connectivity index (χ1v) is 10.7. The summed E-state index contributed by atoms with van der Waals surface area (Å²) in [6.45, 7) is 0.672. The van der Waals surface area contributed by atoms with E-state index < -0.39 is 23.4 Å². The van der Waals surface area contributed by atoms with Gasteiger partial charge in [-0.2, -0.15) is 0 Å². The summed E-state index contributed by atoms with van der Waals surface area (Å²) in [7, 11) is 0. The Bertz CT molecular complexity index is 1340. The maximum absolute atomic E-state index is 14.3. The van der Waals surface area contributed by atoms with Crippen molar-refractivity contribution in [3.05, 3.63) is 86.0 Å². The molecule has 2 aliphatic rings. The van der Waals surface area contributed by atoms with Crippen molar-refractivity contribution >= 4 is 34.6 Å². The first-order chi connectivity index (χ1) is 15.8. The number of halogens is 4. The Labute approximate surface area is 191 Å². The van der Waals surface area contributed by atoms with E-state index in [-0.39, 0.29) is 35.0 Å². The lowest BCUT2D eigenvalue weighted by molar-refractivity contribution is 0.0982. The molecule has 0 aliphatic carbocycles. The molecule has 3 heterocycles. The number of hydrogen-bond donors (Lipinski definition) is 2. The zero-order valence-corrected chi connectivity index (χ0v) is 18.0. The SMILES string of the molecule is O=C1c2cc(F)c(F)cc2N2CN1c1ccc(=O)[nH]c1CCCNCc1c2ccc(F)c1Cl. The lowest BCUT2D eigenvalue weighted by Crippen LogP contribution is -2.46. The number of H-pyrrole nitrogens is 1. The number of nitrogens with one attached hydrogen (secondary N) is 2. The quantitative estimate of drug-likeness (QED) is 0.511. The number of aromatic amines is 1. The number of aromatic nitrogens is 1. The van der Waals surface area contributed by atoms with Gasteiger partial charge in [-0.3, -0.25) is 14.5 Å². The predicted octanol–water partition coefficient (Wildman–Crippen LogP) is 4.24. The fourth-order valence-electron chi connectivity index (χ4n) is 4.31. The smallest absolute Gasteiger partial charge is 0.262 e. The van der Waals surface area contributed by atoms with Crippen LogP contribution in [0.4, 0.5) is 30.2 Å². The van der Waals surface area contributed by atoms with Crippen LogP contribution in [-0.2, 0) is 13.0 Å². The van der Waals surface area contributed by atoms with Gasteiger partial charge in [0.1, 0.15) is 12.5 Å². The van der Waals surface area contributed by atoms with Crippen LogP contribution in [-0.4, -0.2) is 24.1 Å². The third-order valence-electron chi connectivity index (χ3n) is 5.90. The zero-order valence-electron chi connectivity index (χ0n) is 17.2. The summed E-state index contributed by atoms with van der Waals surface area (Å²) in [5, 5.41) is 3.13. The summed E-state index contributed by atoms with van der Waals surface area (Å²) < 4.78 is 42.7. The van der Waals surface area contributed by atoms with E-state index in [4.69, 9.17) is 11.6 Å². The second-order valence-electron chi connectivity index (χ2n) is 7.91. The highest BCUT2D eigenvalue weighted by molar-refractivity contribution is 6.32. The summed E-state index contributed by atoms with van der Waals surface area (Å²) in [5.74, 6) is -3.43. The van der Waals surface area contributed by atoms with E-state index in [0.29, 0.717) is 42.0 Å². The first-order valence-electron chi connectivity index (χ1n) is 10.3. The van der Waals surface area contributed by atoms with Crippen molar-refractivity contribution in [3.8, 4) is 0 Å². The minimum Gasteiger partial charge on any atom is -0.324 e. The summed E-state index contributed by atoms with van der Waals surface area (Å²) in [4.78, 5) is 31.1. The molecule has 5 rings (SSSR count). The lowest BCUT2D eigenvalue weighted by atomic mass is 10.0. The Hall–Kier alpha value is -3.30. The third kappa shape index (κ3) is 3.67. The molecular weight excluding hydrogens is 457 g/mol. The monoisotopic (exact) mass is 474 g/mol. The molecule has 170 valence electrons. The molecule has 33 heavy (non-hydrogen) atoms. The second kappa shape index (κ2) is 8.24. The number of rotatable bonds is 0. The van der Waals surface area contributed by atoms with E-state index >= 15 is 0 Å².